The maximum absolute atomic E-state index is 12.3. The summed E-state index contributed by atoms with van der Waals surface area (Å²) in [5, 5.41) is 3.37. The van der Waals surface area contributed by atoms with E-state index in [4.69, 9.17) is 0 Å². The number of hydrogen-bond acceptors (Lipinski definition) is 4. The second kappa shape index (κ2) is 6.84. The van der Waals surface area contributed by atoms with Gasteiger partial charge in [-0.25, -0.2) is 9.78 Å². The van der Waals surface area contributed by atoms with Crippen LogP contribution in [0.5, 0.6) is 0 Å². The molecule has 0 unspecified atom stereocenters. The predicted octanol–water partition coefficient (Wildman–Crippen LogP) is 0.266. The number of imidazole rings is 1. The van der Waals surface area contributed by atoms with Gasteiger partial charge in [-0.15, -0.1) is 0 Å². The fourth-order valence-electron chi connectivity index (χ4n) is 2.77. The highest BCUT2D eigenvalue weighted by Gasteiger charge is 2.13. The van der Waals surface area contributed by atoms with Crippen LogP contribution in [0.25, 0.3) is 11.2 Å². The molecule has 0 saturated carbocycles. The number of benzene rings is 1. The number of nitrogens with zero attached hydrogens (tertiary/aromatic N) is 4. The lowest BCUT2D eigenvalue weighted by molar-refractivity contribution is 0.604. The first-order valence-corrected chi connectivity index (χ1v) is 7.95. The summed E-state index contributed by atoms with van der Waals surface area (Å²) in [4.78, 5) is 28.4. The van der Waals surface area contributed by atoms with Gasteiger partial charge in [-0.3, -0.25) is 13.9 Å². The van der Waals surface area contributed by atoms with Gasteiger partial charge in [-0.05, 0) is 18.5 Å². The van der Waals surface area contributed by atoms with Crippen LogP contribution in [0.2, 0.25) is 0 Å². The highest BCUT2D eigenvalue weighted by Crippen LogP contribution is 2.04. The van der Waals surface area contributed by atoms with Crippen LogP contribution in [0, 0.1) is 0 Å². The molecule has 2 heterocycles. The second-order valence-electron chi connectivity index (χ2n) is 5.80. The SMILES string of the molecule is Cn1c(=O)c2c(ncn2CCNCCc2ccccc2)n(C)c1=O. The minimum absolute atomic E-state index is 0.310. The molecule has 24 heavy (non-hydrogen) atoms. The van der Waals surface area contributed by atoms with Gasteiger partial charge in [0.05, 0.1) is 6.33 Å². The smallest absolute Gasteiger partial charge is 0.323 e. The molecule has 0 radical (unpaired) electrons. The Morgan fingerprint density at radius 3 is 2.54 bits per heavy atom. The molecule has 0 bridgehead atoms. The highest BCUT2D eigenvalue weighted by molar-refractivity contribution is 5.69. The van der Waals surface area contributed by atoms with Crippen molar-refractivity contribution in [1.82, 2.24) is 24.0 Å². The lowest BCUT2D eigenvalue weighted by Crippen LogP contribution is -2.37. The molecule has 0 spiro atoms. The fourth-order valence-corrected chi connectivity index (χ4v) is 2.77. The summed E-state index contributed by atoms with van der Waals surface area (Å²) in [5.74, 6) is 0. The molecule has 7 heteroatoms. The number of fused-ring (bicyclic) bond motifs is 1. The molecule has 0 aliphatic rings. The third-order valence-electron chi connectivity index (χ3n) is 4.18. The second-order valence-corrected chi connectivity index (χ2v) is 5.80. The molecule has 3 rings (SSSR count). The maximum atomic E-state index is 12.3. The molecule has 0 amide bonds. The Bertz CT molecular complexity index is 953. The van der Waals surface area contributed by atoms with Gasteiger partial charge in [0, 0.05) is 27.2 Å². The molecule has 0 fully saturated rings. The third kappa shape index (κ3) is 3.03. The molecule has 7 nitrogen and oxygen atoms in total. The van der Waals surface area contributed by atoms with Gasteiger partial charge in [0.1, 0.15) is 0 Å². The standard InChI is InChI=1S/C17H21N5O2/c1-20-15-14(16(23)21(2)17(20)24)22(12-19-15)11-10-18-9-8-13-6-4-3-5-7-13/h3-7,12,18H,8-11H2,1-2H3. The Kier molecular flexibility index (Phi) is 4.61. The van der Waals surface area contributed by atoms with Crippen molar-refractivity contribution in [2.24, 2.45) is 14.1 Å². The van der Waals surface area contributed by atoms with Crippen LogP contribution in [0.3, 0.4) is 0 Å². The number of nitrogens with one attached hydrogen (secondary N) is 1. The molecule has 126 valence electrons. The Morgan fingerprint density at radius 1 is 1.04 bits per heavy atom. The molecule has 0 atom stereocenters. The van der Waals surface area contributed by atoms with E-state index in [1.165, 1.54) is 17.2 Å². The van der Waals surface area contributed by atoms with E-state index in [-0.39, 0.29) is 11.2 Å². The Labute approximate surface area is 139 Å². The van der Waals surface area contributed by atoms with Crippen molar-refractivity contribution >= 4 is 11.2 Å². The van der Waals surface area contributed by atoms with E-state index >= 15 is 0 Å². The zero-order valence-electron chi connectivity index (χ0n) is 13.9. The monoisotopic (exact) mass is 327 g/mol. The van der Waals surface area contributed by atoms with Gasteiger partial charge < -0.3 is 9.88 Å². The van der Waals surface area contributed by atoms with E-state index in [1.54, 1.807) is 17.9 Å². The molecular formula is C17H21N5O2. The lowest BCUT2D eigenvalue weighted by atomic mass is 10.1. The van der Waals surface area contributed by atoms with E-state index in [0.717, 1.165) is 24.1 Å². The number of hydrogen-bond donors (Lipinski definition) is 1. The topological polar surface area (TPSA) is 73.8 Å². The normalized spacial score (nSPS) is 11.2. The molecule has 1 aromatic carbocycles. The largest absolute Gasteiger partial charge is 0.332 e. The Hall–Kier alpha value is -2.67. The molecule has 3 aromatic rings. The Morgan fingerprint density at radius 2 is 1.79 bits per heavy atom. The minimum Gasteiger partial charge on any atom is -0.323 e. The first-order valence-electron chi connectivity index (χ1n) is 7.95. The Balaban J connectivity index is 1.66. The van der Waals surface area contributed by atoms with Crippen molar-refractivity contribution in [1.29, 1.82) is 0 Å². The van der Waals surface area contributed by atoms with Crippen LogP contribution in [-0.2, 0) is 27.1 Å². The van der Waals surface area contributed by atoms with E-state index in [2.05, 4.69) is 22.4 Å². The molecular weight excluding hydrogens is 306 g/mol. The van der Waals surface area contributed by atoms with Crippen molar-refractivity contribution in [2.45, 2.75) is 13.0 Å². The first kappa shape index (κ1) is 16.2. The quantitative estimate of drug-likeness (QED) is 0.660. The van der Waals surface area contributed by atoms with Crippen LogP contribution < -0.4 is 16.6 Å². The van der Waals surface area contributed by atoms with Crippen LogP contribution in [0.4, 0.5) is 0 Å². The van der Waals surface area contributed by atoms with Crippen molar-refractivity contribution in [2.75, 3.05) is 13.1 Å². The zero-order valence-corrected chi connectivity index (χ0v) is 13.9. The summed E-state index contributed by atoms with van der Waals surface area (Å²) < 4.78 is 4.31. The van der Waals surface area contributed by atoms with Crippen molar-refractivity contribution in [3.05, 3.63) is 63.1 Å². The maximum Gasteiger partial charge on any atom is 0.332 e. The minimum atomic E-state index is -0.362. The van der Waals surface area contributed by atoms with Gasteiger partial charge in [-0.1, -0.05) is 30.3 Å². The summed E-state index contributed by atoms with van der Waals surface area (Å²) in [5.41, 5.74) is 1.51. The van der Waals surface area contributed by atoms with Crippen LogP contribution in [0.1, 0.15) is 5.56 Å². The number of aryl methyl sites for hydroxylation is 1. The third-order valence-corrected chi connectivity index (χ3v) is 4.18. The van der Waals surface area contributed by atoms with Gasteiger partial charge in [0.25, 0.3) is 5.56 Å². The van der Waals surface area contributed by atoms with Crippen LogP contribution in [0.15, 0.2) is 46.2 Å². The summed E-state index contributed by atoms with van der Waals surface area (Å²) in [6.07, 6.45) is 2.58. The predicted molar refractivity (Wildman–Crippen MR) is 93.2 cm³/mol. The van der Waals surface area contributed by atoms with Gasteiger partial charge >= 0.3 is 5.69 Å². The molecule has 0 aliphatic heterocycles. The number of rotatable bonds is 6. The summed E-state index contributed by atoms with van der Waals surface area (Å²) in [7, 11) is 3.11. The van der Waals surface area contributed by atoms with E-state index in [9.17, 15) is 9.59 Å². The van der Waals surface area contributed by atoms with Crippen molar-refractivity contribution in [3.8, 4) is 0 Å². The van der Waals surface area contributed by atoms with Crippen molar-refractivity contribution < 1.29 is 0 Å². The average molecular weight is 327 g/mol. The fraction of sp³-hybridized carbons (Fsp3) is 0.353. The van der Waals surface area contributed by atoms with Crippen LogP contribution in [-0.4, -0.2) is 31.8 Å². The highest BCUT2D eigenvalue weighted by atomic mass is 16.2. The van der Waals surface area contributed by atoms with Gasteiger partial charge in [-0.2, -0.15) is 0 Å². The first-order chi connectivity index (χ1) is 11.6. The average Bonchev–Trinajstić information content (AvgIpc) is 3.03. The summed E-state index contributed by atoms with van der Waals surface area (Å²) in [6.45, 7) is 2.22. The zero-order chi connectivity index (χ0) is 17.1. The van der Waals surface area contributed by atoms with E-state index in [0.29, 0.717) is 17.7 Å². The van der Waals surface area contributed by atoms with Crippen molar-refractivity contribution in [3.63, 3.8) is 0 Å². The molecule has 2 aromatic heterocycles. The molecule has 0 aliphatic carbocycles. The molecule has 1 N–H and O–H groups in total. The van der Waals surface area contributed by atoms with E-state index in [1.807, 2.05) is 18.2 Å². The van der Waals surface area contributed by atoms with E-state index < -0.39 is 0 Å². The van der Waals surface area contributed by atoms with Crippen LogP contribution >= 0.6 is 0 Å². The number of aromatic nitrogens is 4. The van der Waals surface area contributed by atoms with Gasteiger partial charge in [0.15, 0.2) is 11.2 Å². The summed E-state index contributed by atoms with van der Waals surface area (Å²) >= 11 is 0. The lowest BCUT2D eigenvalue weighted by Gasteiger charge is -2.08. The summed E-state index contributed by atoms with van der Waals surface area (Å²) in [6, 6.07) is 10.3. The van der Waals surface area contributed by atoms with Gasteiger partial charge in [0.2, 0.25) is 0 Å². The molecule has 0 saturated heterocycles.